The molecule has 1 aromatic heterocycles. The van der Waals surface area contributed by atoms with Gasteiger partial charge in [-0.1, -0.05) is 29.8 Å². The second kappa shape index (κ2) is 8.68. The highest BCUT2D eigenvalue weighted by Gasteiger charge is 1.96. The van der Waals surface area contributed by atoms with E-state index in [4.69, 9.17) is 0 Å². The monoisotopic (exact) mass is 287 g/mol. The Hall–Kier alpha value is -2.43. The minimum absolute atomic E-state index is 0.0226. The number of hydrogen-bond donors (Lipinski definition) is 0. The van der Waals surface area contributed by atoms with Crippen molar-refractivity contribution >= 4 is 6.41 Å². The number of aromatic nitrogens is 2. The molecule has 0 aliphatic rings. The molecule has 0 unspecified atom stereocenters. The molecule has 5 heteroatoms. The first-order chi connectivity index (χ1) is 10.1. The van der Waals surface area contributed by atoms with Gasteiger partial charge >= 0.3 is 0 Å². The summed E-state index contributed by atoms with van der Waals surface area (Å²) >= 11 is 0. The number of benzene rings is 1. The van der Waals surface area contributed by atoms with Crippen LogP contribution in [0.2, 0.25) is 0 Å². The molecule has 1 amide bonds. The number of aryl methyl sites for hydroxylation is 1. The fourth-order valence-corrected chi connectivity index (χ4v) is 1.46. The maximum absolute atomic E-state index is 11.4. The summed E-state index contributed by atoms with van der Waals surface area (Å²) in [6.45, 7) is 5.34. The molecular formula is C16H21N3O2. The third kappa shape index (κ3) is 6.03. The number of carbonyl (C=O) groups is 1. The van der Waals surface area contributed by atoms with Gasteiger partial charge in [0, 0.05) is 25.9 Å². The van der Waals surface area contributed by atoms with Crippen molar-refractivity contribution in [2.24, 2.45) is 0 Å². The zero-order valence-corrected chi connectivity index (χ0v) is 12.7. The maximum atomic E-state index is 11.4. The maximum Gasteiger partial charge on any atom is 0.253 e. The first kappa shape index (κ1) is 16.6. The molecule has 0 bridgehead atoms. The van der Waals surface area contributed by atoms with E-state index in [2.05, 4.69) is 4.98 Å². The SMILES string of the molecule is CCN(C)C=O.Cc1ccc(Cn2cnccc2=O)cc1. The van der Waals surface area contributed by atoms with Crippen molar-refractivity contribution < 1.29 is 4.79 Å². The molecular weight excluding hydrogens is 266 g/mol. The lowest BCUT2D eigenvalue weighted by atomic mass is 10.1. The van der Waals surface area contributed by atoms with E-state index in [0.717, 1.165) is 18.5 Å². The third-order valence-corrected chi connectivity index (χ3v) is 2.94. The van der Waals surface area contributed by atoms with Crippen LogP contribution < -0.4 is 5.56 Å². The molecule has 0 aliphatic heterocycles. The van der Waals surface area contributed by atoms with Gasteiger partial charge < -0.3 is 4.90 Å². The molecule has 0 atom stereocenters. The van der Waals surface area contributed by atoms with E-state index >= 15 is 0 Å². The fraction of sp³-hybridized carbons (Fsp3) is 0.312. The van der Waals surface area contributed by atoms with Crippen molar-refractivity contribution in [1.82, 2.24) is 14.5 Å². The second-order valence-electron chi connectivity index (χ2n) is 4.71. The Labute approximate surface area is 124 Å². The molecule has 0 radical (unpaired) electrons. The van der Waals surface area contributed by atoms with Gasteiger partial charge in [-0.3, -0.25) is 14.2 Å². The number of rotatable bonds is 4. The van der Waals surface area contributed by atoms with Crippen molar-refractivity contribution in [2.45, 2.75) is 20.4 Å². The Morgan fingerprint density at radius 1 is 1.24 bits per heavy atom. The first-order valence-electron chi connectivity index (χ1n) is 6.78. The van der Waals surface area contributed by atoms with Gasteiger partial charge in [-0.2, -0.15) is 0 Å². The van der Waals surface area contributed by atoms with Crippen molar-refractivity contribution in [2.75, 3.05) is 13.6 Å². The van der Waals surface area contributed by atoms with E-state index in [0.29, 0.717) is 6.54 Å². The van der Waals surface area contributed by atoms with Crippen LogP contribution in [0.4, 0.5) is 0 Å². The second-order valence-corrected chi connectivity index (χ2v) is 4.71. The van der Waals surface area contributed by atoms with E-state index in [9.17, 15) is 9.59 Å². The van der Waals surface area contributed by atoms with Gasteiger partial charge in [0.25, 0.3) is 5.56 Å². The molecule has 0 N–H and O–H groups in total. The molecule has 112 valence electrons. The lowest BCUT2D eigenvalue weighted by Gasteiger charge is -2.04. The Bertz CT molecular complexity index is 605. The van der Waals surface area contributed by atoms with Gasteiger partial charge in [-0.15, -0.1) is 0 Å². The van der Waals surface area contributed by atoms with Crippen molar-refractivity contribution in [3.8, 4) is 0 Å². The van der Waals surface area contributed by atoms with E-state index in [1.807, 2.05) is 38.1 Å². The lowest BCUT2D eigenvalue weighted by Crippen LogP contribution is -2.19. The summed E-state index contributed by atoms with van der Waals surface area (Å²) in [4.78, 5) is 26.6. The zero-order valence-electron chi connectivity index (χ0n) is 12.7. The highest BCUT2D eigenvalue weighted by Crippen LogP contribution is 2.03. The topological polar surface area (TPSA) is 55.2 Å². The van der Waals surface area contributed by atoms with Crippen molar-refractivity contribution in [1.29, 1.82) is 0 Å². The van der Waals surface area contributed by atoms with Crippen LogP contribution in [-0.4, -0.2) is 34.5 Å². The Morgan fingerprint density at radius 2 is 1.90 bits per heavy atom. The summed E-state index contributed by atoms with van der Waals surface area (Å²) in [6, 6.07) is 9.59. The predicted molar refractivity (Wildman–Crippen MR) is 83.1 cm³/mol. The number of nitrogens with zero attached hydrogens (tertiary/aromatic N) is 3. The smallest absolute Gasteiger partial charge is 0.253 e. The van der Waals surface area contributed by atoms with Crippen molar-refractivity contribution in [3.05, 3.63) is 64.3 Å². The molecule has 0 aliphatic carbocycles. The molecule has 1 heterocycles. The highest BCUT2D eigenvalue weighted by molar-refractivity contribution is 5.45. The van der Waals surface area contributed by atoms with Gasteiger partial charge in [0.2, 0.25) is 6.41 Å². The summed E-state index contributed by atoms with van der Waals surface area (Å²) in [7, 11) is 1.74. The molecule has 21 heavy (non-hydrogen) atoms. The Morgan fingerprint density at radius 3 is 2.38 bits per heavy atom. The summed E-state index contributed by atoms with van der Waals surface area (Å²) < 4.78 is 1.59. The van der Waals surface area contributed by atoms with E-state index in [-0.39, 0.29) is 5.56 Å². The number of carbonyl (C=O) groups excluding carboxylic acids is 1. The summed E-state index contributed by atoms with van der Waals surface area (Å²) in [5.74, 6) is 0. The largest absolute Gasteiger partial charge is 0.349 e. The molecule has 0 fully saturated rings. The van der Waals surface area contributed by atoms with Crippen LogP contribution in [0, 0.1) is 6.92 Å². The summed E-state index contributed by atoms with van der Waals surface area (Å²) in [5, 5.41) is 0. The summed E-state index contributed by atoms with van der Waals surface area (Å²) in [5.41, 5.74) is 2.30. The first-order valence-corrected chi connectivity index (χ1v) is 6.78. The molecule has 5 nitrogen and oxygen atoms in total. The molecule has 2 aromatic rings. The minimum atomic E-state index is -0.0226. The van der Waals surface area contributed by atoms with E-state index in [1.165, 1.54) is 17.8 Å². The minimum Gasteiger partial charge on any atom is -0.349 e. The van der Waals surface area contributed by atoms with Crippen LogP contribution in [0.1, 0.15) is 18.1 Å². The number of amides is 1. The van der Waals surface area contributed by atoms with Crippen molar-refractivity contribution in [3.63, 3.8) is 0 Å². The van der Waals surface area contributed by atoms with Crippen LogP contribution in [0.3, 0.4) is 0 Å². The zero-order chi connectivity index (χ0) is 15.7. The third-order valence-electron chi connectivity index (χ3n) is 2.94. The average molecular weight is 287 g/mol. The van der Waals surface area contributed by atoms with Crippen LogP contribution in [0.25, 0.3) is 0 Å². The highest BCUT2D eigenvalue weighted by atomic mass is 16.1. The Kier molecular flexibility index (Phi) is 6.87. The van der Waals surface area contributed by atoms with Gasteiger partial charge in [-0.25, -0.2) is 4.98 Å². The predicted octanol–water partition coefficient (Wildman–Crippen LogP) is 1.69. The fourth-order valence-electron chi connectivity index (χ4n) is 1.46. The van der Waals surface area contributed by atoms with Crippen LogP contribution in [0.15, 0.2) is 47.7 Å². The van der Waals surface area contributed by atoms with Gasteiger partial charge in [0.15, 0.2) is 0 Å². The van der Waals surface area contributed by atoms with Crippen LogP contribution >= 0.6 is 0 Å². The van der Waals surface area contributed by atoms with Crippen LogP contribution in [-0.2, 0) is 11.3 Å². The lowest BCUT2D eigenvalue weighted by molar-refractivity contribution is -0.116. The van der Waals surface area contributed by atoms with E-state index < -0.39 is 0 Å². The van der Waals surface area contributed by atoms with E-state index in [1.54, 1.807) is 22.8 Å². The molecule has 0 spiro atoms. The van der Waals surface area contributed by atoms with Gasteiger partial charge in [0.05, 0.1) is 12.9 Å². The van der Waals surface area contributed by atoms with Gasteiger partial charge in [-0.05, 0) is 19.4 Å². The molecule has 0 saturated heterocycles. The molecule has 0 saturated carbocycles. The number of hydrogen-bond acceptors (Lipinski definition) is 3. The molecule has 1 aromatic carbocycles. The van der Waals surface area contributed by atoms with Crippen LogP contribution in [0.5, 0.6) is 0 Å². The summed E-state index contributed by atoms with van der Waals surface area (Å²) in [6.07, 6.45) is 3.87. The molecule has 2 rings (SSSR count). The average Bonchev–Trinajstić information content (AvgIpc) is 2.51. The quantitative estimate of drug-likeness (QED) is 0.804. The Balaban J connectivity index is 0.000000315. The normalized spacial score (nSPS) is 9.48. The van der Waals surface area contributed by atoms with Gasteiger partial charge in [0.1, 0.15) is 0 Å². The standard InChI is InChI=1S/C12H12N2O.C4H9NO/c1-10-2-4-11(5-3-10)8-14-9-13-7-6-12(14)15;1-3-5(2)4-6/h2-7,9H,8H2,1H3;4H,3H2,1-2H3.